The van der Waals surface area contributed by atoms with Gasteiger partial charge in [0.15, 0.2) is 0 Å². The third-order valence-electron chi connectivity index (χ3n) is 5.20. The van der Waals surface area contributed by atoms with Crippen LogP contribution in [-0.2, 0) is 11.2 Å². The second-order valence-electron chi connectivity index (χ2n) is 8.29. The highest BCUT2D eigenvalue weighted by Gasteiger charge is 2.11. The molecule has 0 aromatic heterocycles. The number of carbonyl (C=O) groups excluding carboxylic acids is 2. The van der Waals surface area contributed by atoms with Gasteiger partial charge in [-0.25, -0.2) is 4.79 Å². The third-order valence-corrected chi connectivity index (χ3v) is 5.20. The molecular weight excluding hydrogens is 424 g/mol. The van der Waals surface area contributed by atoms with Crippen molar-refractivity contribution >= 4 is 17.6 Å². The molecule has 0 saturated heterocycles. The predicted octanol–water partition coefficient (Wildman–Crippen LogP) is 4.32. The van der Waals surface area contributed by atoms with Crippen LogP contribution in [0.3, 0.4) is 0 Å². The second kappa shape index (κ2) is 13.0. The fourth-order valence-electron chi connectivity index (χ4n) is 3.41. The van der Waals surface area contributed by atoms with Gasteiger partial charge in [0.1, 0.15) is 0 Å². The molecule has 0 bridgehead atoms. The summed E-state index contributed by atoms with van der Waals surface area (Å²) in [5, 5.41) is 8.70. The van der Waals surface area contributed by atoms with Crippen LogP contribution in [0.1, 0.15) is 5.56 Å². The zero-order valence-corrected chi connectivity index (χ0v) is 19.7. The smallest absolute Gasteiger partial charge is 0.319 e. The van der Waals surface area contributed by atoms with Crippen LogP contribution >= 0.6 is 0 Å². The maximum atomic E-state index is 12.7. The summed E-state index contributed by atoms with van der Waals surface area (Å²) in [6.07, 6.45) is 3.79. The first-order valence-electron chi connectivity index (χ1n) is 11.4. The Morgan fingerprint density at radius 3 is 2.12 bits per heavy atom. The van der Waals surface area contributed by atoms with Crippen LogP contribution in [-0.4, -0.2) is 50.1 Å². The van der Waals surface area contributed by atoms with Crippen molar-refractivity contribution in [1.82, 2.24) is 15.5 Å². The summed E-state index contributed by atoms with van der Waals surface area (Å²) in [6, 6.07) is 27.0. The van der Waals surface area contributed by atoms with Crippen molar-refractivity contribution in [2.24, 2.45) is 0 Å². The zero-order valence-electron chi connectivity index (χ0n) is 19.7. The molecule has 6 heteroatoms. The molecule has 1 atom stereocenters. The van der Waals surface area contributed by atoms with Gasteiger partial charge in [0.2, 0.25) is 5.91 Å². The van der Waals surface area contributed by atoms with E-state index in [4.69, 9.17) is 0 Å². The normalized spacial score (nSPS) is 11.9. The van der Waals surface area contributed by atoms with E-state index in [1.54, 1.807) is 6.08 Å². The predicted molar refractivity (Wildman–Crippen MR) is 139 cm³/mol. The van der Waals surface area contributed by atoms with E-state index < -0.39 is 0 Å². The van der Waals surface area contributed by atoms with Gasteiger partial charge in [-0.2, -0.15) is 0 Å². The Bertz CT molecular complexity index is 1060. The molecule has 0 spiro atoms. The second-order valence-corrected chi connectivity index (χ2v) is 8.29. The standard InChI is InChI=1S/C28H32N4O2/c1-32(2)20-19-29-27(33)18-17-26(21-22-9-5-3-6-10-22)31-28(34)30-25-15-13-24(14-16-25)23-11-7-4-8-12-23/h3-18,26H,19-21H2,1-2H3,(H,29,33)(H2,30,31,34)/b18-17+/t26-/m1/s1. The number of urea groups is 1. The van der Waals surface area contributed by atoms with Gasteiger partial charge in [-0.3, -0.25) is 4.79 Å². The van der Waals surface area contributed by atoms with E-state index in [9.17, 15) is 9.59 Å². The van der Waals surface area contributed by atoms with E-state index in [2.05, 4.69) is 16.0 Å². The summed E-state index contributed by atoms with van der Waals surface area (Å²) in [7, 11) is 3.91. The van der Waals surface area contributed by atoms with Crippen molar-refractivity contribution in [2.75, 3.05) is 32.5 Å². The number of benzene rings is 3. The van der Waals surface area contributed by atoms with Gasteiger partial charge in [0.25, 0.3) is 0 Å². The lowest BCUT2D eigenvalue weighted by Crippen LogP contribution is -2.38. The van der Waals surface area contributed by atoms with Gasteiger partial charge in [-0.1, -0.05) is 78.9 Å². The van der Waals surface area contributed by atoms with Gasteiger partial charge in [-0.05, 0) is 49.3 Å². The number of rotatable bonds is 10. The summed E-state index contributed by atoms with van der Waals surface area (Å²) in [6.45, 7) is 1.32. The fourth-order valence-corrected chi connectivity index (χ4v) is 3.41. The Hall–Kier alpha value is -3.90. The molecule has 0 aliphatic carbocycles. The van der Waals surface area contributed by atoms with Crippen molar-refractivity contribution in [3.63, 3.8) is 0 Å². The summed E-state index contributed by atoms with van der Waals surface area (Å²) >= 11 is 0. The fraction of sp³-hybridized carbons (Fsp3) is 0.214. The van der Waals surface area contributed by atoms with Crippen LogP contribution in [0.5, 0.6) is 0 Å². The highest BCUT2D eigenvalue weighted by Crippen LogP contribution is 2.21. The molecule has 0 radical (unpaired) electrons. The van der Waals surface area contributed by atoms with Gasteiger partial charge in [-0.15, -0.1) is 0 Å². The summed E-state index contributed by atoms with van der Waals surface area (Å²) in [5.74, 6) is -0.182. The molecule has 3 rings (SSSR count). The average molecular weight is 457 g/mol. The number of likely N-dealkylation sites (N-methyl/N-ethyl adjacent to an activating group) is 1. The lowest BCUT2D eigenvalue weighted by atomic mass is 10.1. The highest BCUT2D eigenvalue weighted by atomic mass is 16.2. The maximum Gasteiger partial charge on any atom is 0.319 e. The quantitative estimate of drug-likeness (QED) is 0.398. The van der Waals surface area contributed by atoms with Crippen molar-refractivity contribution in [3.05, 3.63) is 103 Å². The number of anilines is 1. The molecule has 0 fully saturated rings. The molecule has 3 aromatic rings. The zero-order chi connectivity index (χ0) is 24.2. The van der Waals surface area contributed by atoms with E-state index in [0.717, 1.165) is 23.2 Å². The van der Waals surface area contributed by atoms with Crippen LogP contribution in [0.15, 0.2) is 97.1 Å². The lowest BCUT2D eigenvalue weighted by Gasteiger charge is -2.16. The molecule has 0 saturated carbocycles. The summed E-state index contributed by atoms with van der Waals surface area (Å²) < 4.78 is 0. The first-order chi connectivity index (χ1) is 16.5. The molecule has 3 aromatic carbocycles. The van der Waals surface area contributed by atoms with Crippen LogP contribution < -0.4 is 16.0 Å². The Morgan fingerprint density at radius 1 is 0.853 bits per heavy atom. The molecule has 0 aliphatic rings. The Labute approximate surface area is 201 Å². The summed E-state index contributed by atoms with van der Waals surface area (Å²) in [4.78, 5) is 26.9. The minimum atomic E-state index is -0.342. The van der Waals surface area contributed by atoms with E-state index in [1.165, 1.54) is 6.08 Å². The minimum absolute atomic E-state index is 0.182. The maximum absolute atomic E-state index is 12.7. The SMILES string of the molecule is CN(C)CCNC(=O)/C=C/[C@H](Cc1ccccc1)NC(=O)Nc1ccc(-c2ccccc2)cc1. The van der Waals surface area contributed by atoms with Crippen LogP contribution in [0, 0.1) is 0 Å². The topological polar surface area (TPSA) is 73.5 Å². The Morgan fingerprint density at radius 2 is 1.47 bits per heavy atom. The Kier molecular flexibility index (Phi) is 9.43. The van der Waals surface area contributed by atoms with Crippen molar-refractivity contribution in [3.8, 4) is 11.1 Å². The minimum Gasteiger partial charge on any atom is -0.351 e. The van der Waals surface area contributed by atoms with E-state index in [1.807, 2.05) is 104 Å². The van der Waals surface area contributed by atoms with Gasteiger partial charge in [0, 0.05) is 24.9 Å². The van der Waals surface area contributed by atoms with E-state index in [0.29, 0.717) is 18.7 Å². The number of nitrogens with zero attached hydrogens (tertiary/aromatic N) is 1. The van der Waals surface area contributed by atoms with E-state index in [-0.39, 0.29) is 18.0 Å². The van der Waals surface area contributed by atoms with Gasteiger partial charge in [0.05, 0.1) is 6.04 Å². The average Bonchev–Trinajstić information content (AvgIpc) is 2.84. The van der Waals surface area contributed by atoms with Crippen molar-refractivity contribution in [1.29, 1.82) is 0 Å². The van der Waals surface area contributed by atoms with Crippen molar-refractivity contribution < 1.29 is 9.59 Å². The van der Waals surface area contributed by atoms with Gasteiger partial charge < -0.3 is 20.9 Å². The number of hydrogen-bond acceptors (Lipinski definition) is 3. The molecule has 0 unspecified atom stereocenters. The molecule has 3 N–H and O–H groups in total. The number of nitrogens with one attached hydrogen (secondary N) is 3. The molecule has 3 amide bonds. The van der Waals surface area contributed by atoms with E-state index >= 15 is 0 Å². The highest BCUT2D eigenvalue weighted by molar-refractivity contribution is 5.90. The molecule has 34 heavy (non-hydrogen) atoms. The first kappa shape index (κ1) is 24.7. The lowest BCUT2D eigenvalue weighted by molar-refractivity contribution is -0.116. The molecule has 0 aliphatic heterocycles. The van der Waals surface area contributed by atoms with Gasteiger partial charge >= 0.3 is 6.03 Å². The molecular formula is C28H32N4O2. The summed E-state index contributed by atoms with van der Waals surface area (Å²) in [5.41, 5.74) is 3.96. The first-order valence-corrected chi connectivity index (χ1v) is 11.4. The van der Waals surface area contributed by atoms with Crippen LogP contribution in [0.2, 0.25) is 0 Å². The largest absolute Gasteiger partial charge is 0.351 e. The number of carbonyl (C=O) groups is 2. The molecule has 176 valence electrons. The third kappa shape index (κ3) is 8.56. The number of amides is 3. The van der Waals surface area contributed by atoms with Crippen LogP contribution in [0.4, 0.5) is 10.5 Å². The van der Waals surface area contributed by atoms with Crippen LogP contribution in [0.25, 0.3) is 11.1 Å². The number of hydrogen-bond donors (Lipinski definition) is 3. The Balaban J connectivity index is 1.61. The molecule has 6 nitrogen and oxygen atoms in total. The molecule has 0 heterocycles. The van der Waals surface area contributed by atoms with Crippen molar-refractivity contribution in [2.45, 2.75) is 12.5 Å². The monoisotopic (exact) mass is 456 g/mol.